The van der Waals surface area contributed by atoms with Crippen LogP contribution in [-0.4, -0.2) is 11.1 Å². The van der Waals surface area contributed by atoms with Crippen LogP contribution in [0.2, 0.25) is 0 Å². The zero-order valence-corrected chi connectivity index (χ0v) is 9.41. The zero-order valence-electron chi connectivity index (χ0n) is 9.41. The van der Waals surface area contributed by atoms with Crippen LogP contribution < -0.4 is 5.32 Å². The van der Waals surface area contributed by atoms with Gasteiger partial charge in [-0.3, -0.25) is 0 Å². The Morgan fingerprint density at radius 3 is 2.47 bits per heavy atom. The Bertz CT molecular complexity index is 601. The molecular formula is C12H8F3NO3. The monoisotopic (exact) mass is 271 g/mol. The summed E-state index contributed by atoms with van der Waals surface area (Å²) in [5.41, 5.74) is -0.311. The highest BCUT2D eigenvalue weighted by atomic mass is 19.1. The van der Waals surface area contributed by atoms with Crippen molar-refractivity contribution < 1.29 is 27.5 Å². The molecule has 19 heavy (non-hydrogen) atoms. The maximum atomic E-state index is 13.3. The molecule has 0 unspecified atom stereocenters. The Labute approximate surface area is 105 Å². The van der Waals surface area contributed by atoms with Crippen LogP contribution in [0.1, 0.15) is 16.1 Å². The lowest BCUT2D eigenvalue weighted by atomic mass is 10.2. The van der Waals surface area contributed by atoms with Gasteiger partial charge in [0.05, 0.1) is 6.26 Å². The van der Waals surface area contributed by atoms with Gasteiger partial charge in [-0.15, -0.1) is 0 Å². The van der Waals surface area contributed by atoms with Gasteiger partial charge in [0.15, 0.2) is 11.6 Å². The van der Waals surface area contributed by atoms with Crippen molar-refractivity contribution in [3.63, 3.8) is 0 Å². The van der Waals surface area contributed by atoms with Gasteiger partial charge in [0.2, 0.25) is 5.76 Å². The molecule has 2 rings (SSSR count). The fourth-order valence-corrected chi connectivity index (χ4v) is 1.56. The maximum Gasteiger partial charge on any atom is 0.372 e. The minimum atomic E-state index is -1.29. The quantitative estimate of drug-likeness (QED) is 0.897. The molecule has 2 aromatic rings. The summed E-state index contributed by atoms with van der Waals surface area (Å²) in [4.78, 5) is 10.8. The lowest BCUT2D eigenvalue weighted by Crippen LogP contribution is -2.07. The molecule has 1 heterocycles. The van der Waals surface area contributed by atoms with Crippen molar-refractivity contribution in [2.75, 3.05) is 5.32 Å². The number of carboxylic acid groups (broad SMARTS) is 1. The molecule has 0 spiro atoms. The van der Waals surface area contributed by atoms with Crippen molar-refractivity contribution in [1.82, 2.24) is 0 Å². The van der Waals surface area contributed by atoms with Crippen LogP contribution in [0, 0.1) is 17.5 Å². The van der Waals surface area contributed by atoms with Crippen molar-refractivity contribution in [1.29, 1.82) is 0 Å². The SMILES string of the molecule is O=C(O)c1occc1CNc1c(F)cc(F)cc1F. The molecule has 0 bridgehead atoms. The summed E-state index contributed by atoms with van der Waals surface area (Å²) in [5, 5.41) is 11.1. The van der Waals surface area contributed by atoms with E-state index in [4.69, 9.17) is 9.52 Å². The predicted octanol–water partition coefficient (Wildman–Crippen LogP) is 3.01. The number of aromatic carboxylic acids is 1. The molecule has 0 saturated carbocycles. The number of hydrogen-bond acceptors (Lipinski definition) is 3. The number of rotatable bonds is 4. The first-order valence-electron chi connectivity index (χ1n) is 5.17. The van der Waals surface area contributed by atoms with Gasteiger partial charge in [0.25, 0.3) is 0 Å². The van der Waals surface area contributed by atoms with Crippen molar-refractivity contribution in [3.8, 4) is 0 Å². The van der Waals surface area contributed by atoms with Gasteiger partial charge >= 0.3 is 5.97 Å². The first-order chi connectivity index (χ1) is 8.99. The second kappa shape index (κ2) is 5.05. The Morgan fingerprint density at radius 2 is 1.89 bits per heavy atom. The van der Waals surface area contributed by atoms with Gasteiger partial charge in [-0.25, -0.2) is 18.0 Å². The first kappa shape index (κ1) is 13.0. The standard InChI is InChI=1S/C12H8F3NO3/c13-7-3-8(14)10(9(15)4-7)16-5-6-1-2-19-11(6)12(17)18/h1-4,16H,5H2,(H,17,18). The summed E-state index contributed by atoms with van der Waals surface area (Å²) in [7, 11) is 0. The van der Waals surface area contributed by atoms with E-state index in [0.717, 1.165) is 6.26 Å². The highest BCUT2D eigenvalue weighted by Gasteiger charge is 2.16. The van der Waals surface area contributed by atoms with Gasteiger partial charge < -0.3 is 14.8 Å². The number of carboxylic acids is 1. The van der Waals surface area contributed by atoms with Gasteiger partial charge in [-0.05, 0) is 6.07 Å². The number of hydrogen-bond donors (Lipinski definition) is 2. The molecule has 2 N–H and O–H groups in total. The van der Waals surface area contributed by atoms with E-state index in [1.54, 1.807) is 0 Å². The Morgan fingerprint density at radius 1 is 1.26 bits per heavy atom. The molecule has 4 nitrogen and oxygen atoms in total. The molecule has 1 aromatic heterocycles. The summed E-state index contributed by atoms with van der Waals surface area (Å²) < 4.78 is 44.0. The lowest BCUT2D eigenvalue weighted by molar-refractivity contribution is 0.0661. The highest BCUT2D eigenvalue weighted by Crippen LogP contribution is 2.21. The smallest absolute Gasteiger partial charge is 0.372 e. The van der Waals surface area contributed by atoms with Gasteiger partial charge in [-0.1, -0.05) is 0 Å². The highest BCUT2D eigenvalue weighted by molar-refractivity contribution is 5.86. The third-order valence-corrected chi connectivity index (χ3v) is 2.40. The third-order valence-electron chi connectivity index (χ3n) is 2.40. The third kappa shape index (κ3) is 2.70. The average Bonchev–Trinajstić information content (AvgIpc) is 2.75. The van der Waals surface area contributed by atoms with Crippen LogP contribution in [-0.2, 0) is 6.54 Å². The van der Waals surface area contributed by atoms with Crippen LogP contribution in [0.4, 0.5) is 18.9 Å². The number of furan rings is 1. The molecule has 100 valence electrons. The fourth-order valence-electron chi connectivity index (χ4n) is 1.56. The molecule has 7 heteroatoms. The van der Waals surface area contributed by atoms with E-state index < -0.39 is 29.1 Å². The van der Waals surface area contributed by atoms with Crippen molar-refractivity contribution >= 4 is 11.7 Å². The van der Waals surface area contributed by atoms with Gasteiger partial charge in [0.1, 0.15) is 11.5 Å². The summed E-state index contributed by atoms with van der Waals surface area (Å²) >= 11 is 0. The van der Waals surface area contributed by atoms with Gasteiger partial charge in [-0.2, -0.15) is 0 Å². The Balaban J connectivity index is 2.19. The molecule has 0 atom stereocenters. The molecule has 0 amide bonds. The predicted molar refractivity (Wildman–Crippen MR) is 59.3 cm³/mol. The largest absolute Gasteiger partial charge is 0.475 e. The van der Waals surface area contributed by atoms with Crippen LogP contribution in [0.25, 0.3) is 0 Å². The molecule has 0 fully saturated rings. The minimum Gasteiger partial charge on any atom is -0.475 e. The molecule has 0 aliphatic rings. The van der Waals surface area contributed by atoms with Crippen LogP contribution in [0.15, 0.2) is 28.9 Å². The molecule has 1 aromatic carbocycles. The molecule has 0 saturated heterocycles. The second-order valence-corrected chi connectivity index (χ2v) is 3.68. The van der Waals surface area contributed by atoms with E-state index in [2.05, 4.69) is 5.32 Å². The van der Waals surface area contributed by atoms with Crippen molar-refractivity contribution in [2.24, 2.45) is 0 Å². The normalized spacial score (nSPS) is 10.5. The first-order valence-corrected chi connectivity index (χ1v) is 5.17. The van der Waals surface area contributed by atoms with E-state index in [1.165, 1.54) is 6.07 Å². The van der Waals surface area contributed by atoms with Crippen LogP contribution >= 0.6 is 0 Å². The van der Waals surface area contributed by atoms with Crippen LogP contribution in [0.5, 0.6) is 0 Å². The lowest BCUT2D eigenvalue weighted by Gasteiger charge is -2.08. The van der Waals surface area contributed by atoms with E-state index in [9.17, 15) is 18.0 Å². The second-order valence-electron chi connectivity index (χ2n) is 3.68. The Kier molecular flexibility index (Phi) is 3.46. The minimum absolute atomic E-state index is 0.169. The van der Waals surface area contributed by atoms with Crippen molar-refractivity contribution in [2.45, 2.75) is 6.54 Å². The summed E-state index contributed by atoms with van der Waals surface area (Å²) in [6, 6.07) is 2.41. The number of nitrogens with one attached hydrogen (secondary N) is 1. The van der Waals surface area contributed by atoms with E-state index >= 15 is 0 Å². The average molecular weight is 271 g/mol. The summed E-state index contributed by atoms with van der Waals surface area (Å²) in [6.07, 6.45) is 1.15. The topological polar surface area (TPSA) is 62.5 Å². The number of benzene rings is 1. The fraction of sp³-hybridized carbons (Fsp3) is 0.0833. The maximum absolute atomic E-state index is 13.3. The molecule has 0 aliphatic carbocycles. The molecule has 0 aliphatic heterocycles. The summed E-state index contributed by atoms with van der Waals surface area (Å²) in [6.45, 7) is -0.169. The number of anilines is 1. The zero-order chi connectivity index (χ0) is 14.0. The van der Waals surface area contributed by atoms with E-state index in [0.29, 0.717) is 12.1 Å². The van der Waals surface area contributed by atoms with E-state index in [1.807, 2.05) is 0 Å². The summed E-state index contributed by atoms with van der Waals surface area (Å²) in [5.74, 6) is -4.84. The molecule has 0 radical (unpaired) electrons. The van der Waals surface area contributed by atoms with Crippen LogP contribution in [0.3, 0.4) is 0 Å². The van der Waals surface area contributed by atoms with Crippen molar-refractivity contribution in [3.05, 3.63) is 53.2 Å². The van der Waals surface area contributed by atoms with Gasteiger partial charge in [0, 0.05) is 24.2 Å². The number of carbonyl (C=O) groups is 1. The van der Waals surface area contributed by atoms with E-state index in [-0.39, 0.29) is 17.9 Å². The molecular weight excluding hydrogens is 263 g/mol. The number of halogens is 3. The Hall–Kier alpha value is -2.44.